The molecule has 0 saturated carbocycles. The molecule has 2 saturated heterocycles. The third-order valence-electron chi connectivity index (χ3n) is 5.27. The lowest BCUT2D eigenvalue weighted by Crippen LogP contribution is -2.65. The number of piperazine rings is 1. The average molecular weight is 415 g/mol. The summed E-state index contributed by atoms with van der Waals surface area (Å²) in [5, 5.41) is 8.31. The van der Waals surface area contributed by atoms with Crippen LogP contribution in [0.1, 0.15) is 37.0 Å². The second kappa shape index (κ2) is 9.60. The molecular formula is C21H29N5O4. The Morgan fingerprint density at radius 3 is 2.53 bits per heavy atom. The highest BCUT2D eigenvalue weighted by Crippen LogP contribution is 2.15. The van der Waals surface area contributed by atoms with Gasteiger partial charge in [-0.3, -0.25) is 14.4 Å². The van der Waals surface area contributed by atoms with E-state index in [1.54, 1.807) is 29.2 Å². The molecule has 0 bridgehead atoms. The maximum Gasteiger partial charge on any atom is 0.318 e. The van der Waals surface area contributed by atoms with Gasteiger partial charge < -0.3 is 25.8 Å². The molecule has 9 heteroatoms. The highest BCUT2D eigenvalue weighted by atomic mass is 16.2. The molecule has 2 heterocycles. The van der Waals surface area contributed by atoms with Crippen LogP contribution in [0.4, 0.5) is 4.79 Å². The number of benzene rings is 1. The van der Waals surface area contributed by atoms with Crippen molar-refractivity contribution in [3.63, 3.8) is 0 Å². The second-order valence-electron chi connectivity index (χ2n) is 7.93. The van der Waals surface area contributed by atoms with Gasteiger partial charge in [-0.05, 0) is 38.8 Å². The SMILES string of the molecule is CC(C)NC(=O)N1CCN(C(=O)c2ccccc2)C[C@H]1C(=O)N[C@H]1CCCNC1=O. The van der Waals surface area contributed by atoms with Gasteiger partial charge in [0, 0.05) is 31.2 Å². The van der Waals surface area contributed by atoms with Crippen molar-refractivity contribution in [3.05, 3.63) is 35.9 Å². The first-order chi connectivity index (χ1) is 14.4. The first-order valence-corrected chi connectivity index (χ1v) is 10.4. The van der Waals surface area contributed by atoms with Gasteiger partial charge in [-0.15, -0.1) is 0 Å². The van der Waals surface area contributed by atoms with Crippen molar-refractivity contribution >= 4 is 23.8 Å². The summed E-state index contributed by atoms with van der Waals surface area (Å²) in [5.41, 5.74) is 0.531. The van der Waals surface area contributed by atoms with Crippen LogP contribution in [-0.4, -0.2) is 77.9 Å². The minimum atomic E-state index is -0.875. The highest BCUT2D eigenvalue weighted by Gasteiger charge is 2.39. The summed E-state index contributed by atoms with van der Waals surface area (Å²) in [7, 11) is 0. The van der Waals surface area contributed by atoms with Crippen molar-refractivity contribution < 1.29 is 19.2 Å². The number of piperidine rings is 1. The average Bonchev–Trinajstić information content (AvgIpc) is 2.74. The Morgan fingerprint density at radius 1 is 1.13 bits per heavy atom. The molecule has 1 aromatic carbocycles. The molecule has 9 nitrogen and oxygen atoms in total. The van der Waals surface area contributed by atoms with Gasteiger partial charge in [-0.2, -0.15) is 0 Å². The van der Waals surface area contributed by atoms with Gasteiger partial charge >= 0.3 is 6.03 Å². The molecule has 0 unspecified atom stereocenters. The molecule has 3 N–H and O–H groups in total. The fourth-order valence-electron chi connectivity index (χ4n) is 3.71. The van der Waals surface area contributed by atoms with Crippen LogP contribution >= 0.6 is 0 Å². The monoisotopic (exact) mass is 415 g/mol. The standard InChI is InChI=1S/C21H29N5O4/c1-14(2)23-21(30)26-12-11-25(20(29)15-7-4-3-5-8-15)13-17(26)19(28)24-16-9-6-10-22-18(16)27/h3-5,7-8,14,16-17H,6,9-13H2,1-2H3,(H,22,27)(H,23,30)(H,24,28)/t16-,17-/m0/s1. The first-order valence-electron chi connectivity index (χ1n) is 10.4. The Hall–Kier alpha value is -3.10. The summed E-state index contributed by atoms with van der Waals surface area (Å²) in [6, 6.07) is 6.90. The Morgan fingerprint density at radius 2 is 1.87 bits per heavy atom. The molecule has 0 aliphatic carbocycles. The van der Waals surface area contributed by atoms with Crippen LogP contribution in [-0.2, 0) is 9.59 Å². The molecule has 2 fully saturated rings. The third-order valence-corrected chi connectivity index (χ3v) is 5.27. The molecule has 0 spiro atoms. The molecule has 0 radical (unpaired) electrons. The maximum atomic E-state index is 13.1. The Balaban J connectivity index is 1.76. The Bertz CT molecular complexity index is 798. The summed E-state index contributed by atoms with van der Waals surface area (Å²) < 4.78 is 0. The van der Waals surface area contributed by atoms with Crippen molar-refractivity contribution in [1.29, 1.82) is 0 Å². The van der Waals surface area contributed by atoms with Crippen LogP contribution in [0.2, 0.25) is 0 Å². The minimum absolute atomic E-state index is 0.0689. The summed E-state index contributed by atoms with van der Waals surface area (Å²) in [4.78, 5) is 53.7. The molecule has 5 amide bonds. The maximum absolute atomic E-state index is 13.1. The number of nitrogens with zero attached hydrogens (tertiary/aromatic N) is 2. The predicted octanol–water partition coefficient (Wildman–Crippen LogP) is 0.326. The Kier molecular flexibility index (Phi) is 6.91. The lowest BCUT2D eigenvalue weighted by molar-refractivity contribution is -0.133. The molecule has 1 aromatic rings. The van der Waals surface area contributed by atoms with Gasteiger partial charge in [0.1, 0.15) is 12.1 Å². The van der Waals surface area contributed by atoms with E-state index < -0.39 is 18.0 Å². The zero-order valence-corrected chi connectivity index (χ0v) is 17.4. The van der Waals surface area contributed by atoms with Crippen LogP contribution in [0.5, 0.6) is 0 Å². The smallest absolute Gasteiger partial charge is 0.318 e. The summed E-state index contributed by atoms with van der Waals surface area (Å²) >= 11 is 0. The number of carbonyl (C=O) groups excluding carboxylic acids is 4. The van der Waals surface area contributed by atoms with E-state index in [0.29, 0.717) is 25.1 Å². The number of hydrogen-bond acceptors (Lipinski definition) is 4. The molecule has 3 rings (SSSR count). The number of urea groups is 1. The molecule has 162 valence electrons. The van der Waals surface area contributed by atoms with E-state index in [0.717, 1.165) is 6.42 Å². The van der Waals surface area contributed by atoms with Crippen LogP contribution in [0.25, 0.3) is 0 Å². The van der Waals surface area contributed by atoms with E-state index in [1.807, 2.05) is 19.9 Å². The minimum Gasteiger partial charge on any atom is -0.354 e. The van der Waals surface area contributed by atoms with E-state index in [9.17, 15) is 19.2 Å². The number of carbonyl (C=O) groups is 4. The number of nitrogens with one attached hydrogen (secondary N) is 3. The molecule has 2 aliphatic rings. The predicted molar refractivity (Wildman–Crippen MR) is 111 cm³/mol. The van der Waals surface area contributed by atoms with E-state index in [2.05, 4.69) is 16.0 Å². The second-order valence-corrected chi connectivity index (χ2v) is 7.93. The van der Waals surface area contributed by atoms with Gasteiger partial charge in [0.05, 0.1) is 6.54 Å². The quantitative estimate of drug-likeness (QED) is 0.658. The third kappa shape index (κ3) is 5.08. The summed E-state index contributed by atoms with van der Waals surface area (Å²) in [6.07, 6.45) is 1.33. The fourth-order valence-corrected chi connectivity index (χ4v) is 3.71. The summed E-state index contributed by atoms with van der Waals surface area (Å²) in [5.74, 6) is -0.838. The lowest BCUT2D eigenvalue weighted by Gasteiger charge is -2.41. The van der Waals surface area contributed by atoms with Crippen LogP contribution in [0.15, 0.2) is 30.3 Å². The number of amides is 5. The zero-order chi connectivity index (χ0) is 21.7. The van der Waals surface area contributed by atoms with Gasteiger partial charge in [0.15, 0.2) is 0 Å². The Labute approximate surface area is 176 Å². The van der Waals surface area contributed by atoms with Crippen molar-refractivity contribution in [2.45, 2.75) is 44.8 Å². The topological polar surface area (TPSA) is 111 Å². The van der Waals surface area contributed by atoms with Gasteiger partial charge in [-0.25, -0.2) is 4.79 Å². The highest BCUT2D eigenvalue weighted by molar-refractivity contribution is 5.96. The molecule has 0 aromatic heterocycles. The van der Waals surface area contributed by atoms with Gasteiger partial charge in [0.25, 0.3) is 5.91 Å². The normalized spacial score (nSPS) is 21.8. The van der Waals surface area contributed by atoms with Crippen molar-refractivity contribution in [3.8, 4) is 0 Å². The lowest BCUT2D eigenvalue weighted by atomic mass is 10.0. The van der Waals surface area contributed by atoms with Crippen LogP contribution in [0.3, 0.4) is 0 Å². The van der Waals surface area contributed by atoms with E-state index in [4.69, 9.17) is 0 Å². The van der Waals surface area contributed by atoms with Crippen molar-refractivity contribution in [1.82, 2.24) is 25.8 Å². The largest absolute Gasteiger partial charge is 0.354 e. The molecule has 30 heavy (non-hydrogen) atoms. The van der Waals surface area contributed by atoms with E-state index in [1.165, 1.54) is 4.90 Å². The van der Waals surface area contributed by atoms with Crippen LogP contribution < -0.4 is 16.0 Å². The number of rotatable bonds is 4. The van der Waals surface area contributed by atoms with Gasteiger partial charge in [0.2, 0.25) is 11.8 Å². The number of hydrogen-bond donors (Lipinski definition) is 3. The van der Waals surface area contributed by atoms with E-state index >= 15 is 0 Å². The van der Waals surface area contributed by atoms with E-state index in [-0.39, 0.29) is 37.0 Å². The fraction of sp³-hybridized carbons (Fsp3) is 0.524. The molecular weight excluding hydrogens is 386 g/mol. The van der Waals surface area contributed by atoms with Crippen LogP contribution in [0, 0.1) is 0 Å². The van der Waals surface area contributed by atoms with Gasteiger partial charge in [-0.1, -0.05) is 18.2 Å². The van der Waals surface area contributed by atoms with Crippen molar-refractivity contribution in [2.24, 2.45) is 0 Å². The molecule has 2 aliphatic heterocycles. The summed E-state index contributed by atoms with van der Waals surface area (Å²) in [6.45, 7) is 4.90. The first kappa shape index (κ1) is 21.6. The van der Waals surface area contributed by atoms with Crippen molar-refractivity contribution in [2.75, 3.05) is 26.2 Å². The zero-order valence-electron chi connectivity index (χ0n) is 17.4. The molecule has 2 atom stereocenters.